The van der Waals surface area contributed by atoms with Crippen molar-refractivity contribution in [2.75, 3.05) is 0 Å². The van der Waals surface area contributed by atoms with Crippen LogP contribution in [0.2, 0.25) is 0 Å². The Bertz CT molecular complexity index is 138. The van der Waals surface area contributed by atoms with Crippen molar-refractivity contribution in [1.82, 2.24) is 5.01 Å². The zero-order valence-electron chi connectivity index (χ0n) is 6.70. The fraction of sp³-hybridized carbons (Fsp3) is 1.00. The second-order valence-corrected chi connectivity index (χ2v) is 3.63. The van der Waals surface area contributed by atoms with Gasteiger partial charge in [0.15, 0.2) is 0 Å². The smallest absolute Gasteiger partial charge is 0.0529 e. The topological polar surface area (TPSA) is 32.7 Å². The van der Waals surface area contributed by atoms with Crippen LogP contribution in [-0.2, 0) is 0 Å². The van der Waals surface area contributed by atoms with E-state index >= 15 is 0 Å². The van der Waals surface area contributed by atoms with E-state index in [1.807, 2.05) is 5.01 Å². The third-order valence-electron chi connectivity index (χ3n) is 2.99. The van der Waals surface area contributed by atoms with Crippen LogP contribution in [0.15, 0.2) is 5.29 Å². The number of nitroso groups, excluding NO2 is 1. The molecule has 2 fully saturated rings. The fourth-order valence-electron chi connectivity index (χ4n) is 2.43. The summed E-state index contributed by atoms with van der Waals surface area (Å²) in [5.74, 6) is 0. The average Bonchev–Trinajstić information content (AvgIpc) is 2.03. The normalized spacial score (nSPS) is 36.9. The first kappa shape index (κ1) is 7.07. The molecule has 0 unspecified atom stereocenters. The van der Waals surface area contributed by atoms with Crippen LogP contribution >= 0.6 is 0 Å². The summed E-state index contributed by atoms with van der Waals surface area (Å²) in [4.78, 5) is 10.4. The van der Waals surface area contributed by atoms with E-state index in [9.17, 15) is 4.91 Å². The lowest BCUT2D eigenvalue weighted by molar-refractivity contribution is 0.0415. The Hall–Kier alpha value is -0.600. The van der Waals surface area contributed by atoms with Gasteiger partial charge < -0.3 is 0 Å². The van der Waals surface area contributed by atoms with Crippen LogP contribution in [-0.4, -0.2) is 17.1 Å². The van der Waals surface area contributed by atoms with E-state index in [0.717, 1.165) is 0 Å². The molecule has 2 bridgehead atoms. The van der Waals surface area contributed by atoms with Gasteiger partial charge in [-0.05, 0) is 38.5 Å². The molecule has 0 radical (unpaired) electrons. The monoisotopic (exact) mass is 154 g/mol. The molecule has 0 N–H and O–H groups in total. The minimum absolute atomic E-state index is 0.486. The maximum Gasteiger partial charge on any atom is 0.0529 e. The maximum absolute atomic E-state index is 10.4. The lowest BCUT2D eigenvalue weighted by atomic mass is 9.86. The molecule has 2 saturated heterocycles. The molecular formula is C8H14N2O. The van der Waals surface area contributed by atoms with Crippen LogP contribution in [0.4, 0.5) is 0 Å². The van der Waals surface area contributed by atoms with Crippen molar-refractivity contribution in [3.8, 4) is 0 Å². The van der Waals surface area contributed by atoms with Gasteiger partial charge in [-0.1, -0.05) is 0 Å². The van der Waals surface area contributed by atoms with E-state index in [4.69, 9.17) is 0 Å². The Labute approximate surface area is 66.7 Å². The van der Waals surface area contributed by atoms with E-state index < -0.39 is 0 Å². The highest BCUT2D eigenvalue weighted by Crippen LogP contribution is 2.33. The van der Waals surface area contributed by atoms with Crippen LogP contribution in [0, 0.1) is 4.91 Å². The van der Waals surface area contributed by atoms with Crippen molar-refractivity contribution in [3.63, 3.8) is 0 Å². The van der Waals surface area contributed by atoms with Gasteiger partial charge in [0.2, 0.25) is 0 Å². The molecule has 0 aromatic carbocycles. The molecule has 2 rings (SSSR count). The minimum Gasteiger partial charge on any atom is -0.255 e. The van der Waals surface area contributed by atoms with Gasteiger partial charge in [-0.2, -0.15) is 0 Å². The van der Waals surface area contributed by atoms with Gasteiger partial charge >= 0.3 is 0 Å². The van der Waals surface area contributed by atoms with E-state index in [1.54, 1.807) is 0 Å². The minimum atomic E-state index is 0.486. The number of rotatable bonds is 1. The Morgan fingerprint density at radius 2 is 1.45 bits per heavy atom. The molecule has 0 saturated carbocycles. The lowest BCUT2D eigenvalue weighted by Gasteiger charge is -2.41. The van der Waals surface area contributed by atoms with Gasteiger partial charge in [-0.3, -0.25) is 5.01 Å². The second-order valence-electron chi connectivity index (χ2n) is 3.63. The van der Waals surface area contributed by atoms with Gasteiger partial charge in [0, 0.05) is 0 Å². The Morgan fingerprint density at radius 1 is 1.00 bits per heavy atom. The highest BCUT2D eigenvalue weighted by Gasteiger charge is 2.33. The predicted molar refractivity (Wildman–Crippen MR) is 42.9 cm³/mol. The quantitative estimate of drug-likeness (QED) is 0.541. The summed E-state index contributed by atoms with van der Waals surface area (Å²) < 4.78 is 0. The number of fused-ring (bicyclic) bond motifs is 2. The molecule has 3 nitrogen and oxygen atoms in total. The second kappa shape index (κ2) is 2.80. The summed E-state index contributed by atoms with van der Waals surface area (Å²) in [5.41, 5.74) is 0. The molecule has 0 aromatic rings. The molecule has 0 atom stereocenters. The van der Waals surface area contributed by atoms with E-state index in [-0.39, 0.29) is 0 Å². The van der Waals surface area contributed by atoms with Gasteiger partial charge in [0.05, 0.1) is 17.4 Å². The van der Waals surface area contributed by atoms with Gasteiger partial charge in [-0.25, -0.2) is 0 Å². The molecule has 3 heteroatoms. The van der Waals surface area contributed by atoms with Crippen molar-refractivity contribution >= 4 is 0 Å². The number of hydrogen-bond donors (Lipinski definition) is 0. The first-order chi connectivity index (χ1) is 5.42. The van der Waals surface area contributed by atoms with Crippen LogP contribution in [0.5, 0.6) is 0 Å². The summed E-state index contributed by atoms with van der Waals surface area (Å²) >= 11 is 0. The Balaban J connectivity index is 2.10. The van der Waals surface area contributed by atoms with Crippen molar-refractivity contribution in [3.05, 3.63) is 4.91 Å². The van der Waals surface area contributed by atoms with Crippen molar-refractivity contribution in [2.24, 2.45) is 5.29 Å². The average molecular weight is 154 g/mol. The number of piperidine rings is 2. The molecule has 2 heterocycles. The molecular weight excluding hydrogens is 140 g/mol. The zero-order valence-corrected chi connectivity index (χ0v) is 6.70. The van der Waals surface area contributed by atoms with Crippen LogP contribution < -0.4 is 0 Å². The first-order valence-corrected chi connectivity index (χ1v) is 4.53. The van der Waals surface area contributed by atoms with Gasteiger partial charge in [0.25, 0.3) is 0 Å². The fourth-order valence-corrected chi connectivity index (χ4v) is 2.43. The van der Waals surface area contributed by atoms with E-state index in [0.29, 0.717) is 12.1 Å². The summed E-state index contributed by atoms with van der Waals surface area (Å²) in [6.07, 6.45) is 7.32. The molecule has 2 aliphatic rings. The highest BCUT2D eigenvalue weighted by molar-refractivity contribution is 4.86. The summed E-state index contributed by atoms with van der Waals surface area (Å²) in [7, 11) is 0. The molecule has 0 aliphatic carbocycles. The van der Waals surface area contributed by atoms with Crippen LogP contribution in [0.1, 0.15) is 38.5 Å². The third kappa shape index (κ3) is 1.12. The van der Waals surface area contributed by atoms with Crippen LogP contribution in [0.3, 0.4) is 0 Å². The van der Waals surface area contributed by atoms with Crippen molar-refractivity contribution < 1.29 is 0 Å². The van der Waals surface area contributed by atoms with Gasteiger partial charge in [0.1, 0.15) is 0 Å². The molecule has 0 spiro atoms. The standard InChI is InChI=1S/C8H14N2O/c11-9-10-7-3-1-4-8(10)6-2-5-7/h7-8H,1-6H2. The van der Waals surface area contributed by atoms with Crippen LogP contribution in [0.25, 0.3) is 0 Å². The predicted octanol–water partition coefficient (Wildman–Crippen LogP) is 2.07. The third-order valence-corrected chi connectivity index (χ3v) is 2.99. The van der Waals surface area contributed by atoms with E-state index in [2.05, 4.69) is 5.29 Å². The summed E-state index contributed by atoms with van der Waals surface area (Å²) in [6, 6.07) is 0.972. The number of hydrogen-bond acceptors (Lipinski definition) is 2. The number of nitrogens with zero attached hydrogens (tertiary/aromatic N) is 2. The largest absolute Gasteiger partial charge is 0.255 e. The molecule has 0 amide bonds. The summed E-state index contributed by atoms with van der Waals surface area (Å²) in [5, 5.41) is 4.93. The molecule has 0 aromatic heterocycles. The maximum atomic E-state index is 10.4. The molecule has 11 heavy (non-hydrogen) atoms. The molecule has 2 aliphatic heterocycles. The molecule has 62 valence electrons. The van der Waals surface area contributed by atoms with Gasteiger partial charge in [-0.15, -0.1) is 4.91 Å². The van der Waals surface area contributed by atoms with Crippen molar-refractivity contribution in [1.29, 1.82) is 0 Å². The Kier molecular flexibility index (Phi) is 1.80. The highest BCUT2D eigenvalue weighted by atomic mass is 16.3. The SMILES string of the molecule is O=NN1C2CCCC1CCC2. The lowest BCUT2D eigenvalue weighted by Crippen LogP contribution is -2.45. The first-order valence-electron chi connectivity index (χ1n) is 4.53. The Morgan fingerprint density at radius 3 is 1.73 bits per heavy atom. The van der Waals surface area contributed by atoms with E-state index in [1.165, 1.54) is 38.5 Å². The zero-order chi connectivity index (χ0) is 7.68. The summed E-state index contributed by atoms with van der Waals surface area (Å²) in [6.45, 7) is 0. The van der Waals surface area contributed by atoms with Crippen molar-refractivity contribution in [2.45, 2.75) is 50.6 Å².